The number of rotatable bonds is 6. The van der Waals surface area contributed by atoms with Crippen LogP contribution in [0.25, 0.3) is 11.0 Å². The summed E-state index contributed by atoms with van der Waals surface area (Å²) in [6.07, 6.45) is 6.75. The van der Waals surface area contributed by atoms with Crippen LogP contribution < -0.4 is 5.32 Å². The molecule has 2 aromatic heterocycles. The number of fused-ring (bicyclic) bond motifs is 1. The molecule has 1 aliphatic rings. The summed E-state index contributed by atoms with van der Waals surface area (Å²) in [5.74, 6) is 0.913. The summed E-state index contributed by atoms with van der Waals surface area (Å²) in [5.41, 5.74) is 2.97. The van der Waals surface area contributed by atoms with Crippen molar-refractivity contribution in [1.82, 2.24) is 19.9 Å². The van der Waals surface area contributed by atoms with E-state index < -0.39 is 0 Å². The van der Waals surface area contributed by atoms with Crippen LogP contribution in [0.4, 0.5) is 5.82 Å². The molecule has 3 rings (SSSR count). The second kappa shape index (κ2) is 7.01. The van der Waals surface area contributed by atoms with Crippen LogP contribution in [-0.2, 0) is 0 Å². The molecule has 22 heavy (non-hydrogen) atoms. The molecule has 3 heterocycles. The maximum atomic E-state index is 4.50. The molecule has 1 N–H and O–H groups in total. The molecule has 1 saturated heterocycles. The van der Waals surface area contributed by atoms with E-state index in [0.29, 0.717) is 0 Å². The van der Waals surface area contributed by atoms with Crippen molar-refractivity contribution in [3.05, 3.63) is 23.7 Å². The van der Waals surface area contributed by atoms with E-state index in [4.69, 9.17) is 0 Å². The van der Waals surface area contributed by atoms with Crippen molar-refractivity contribution in [3.63, 3.8) is 0 Å². The first-order valence-corrected chi connectivity index (χ1v) is 8.29. The van der Waals surface area contributed by atoms with Gasteiger partial charge in [-0.05, 0) is 70.8 Å². The van der Waals surface area contributed by atoms with Crippen molar-refractivity contribution in [2.45, 2.75) is 39.5 Å². The lowest BCUT2D eigenvalue weighted by Crippen LogP contribution is -2.21. The van der Waals surface area contributed by atoms with Crippen LogP contribution in [0.2, 0.25) is 0 Å². The number of pyridine rings is 1. The highest BCUT2D eigenvalue weighted by Crippen LogP contribution is 2.22. The van der Waals surface area contributed by atoms with Crippen LogP contribution in [-0.4, -0.2) is 46.0 Å². The molecule has 0 amide bonds. The molecule has 0 spiro atoms. The van der Waals surface area contributed by atoms with Crippen LogP contribution in [0.3, 0.4) is 0 Å². The van der Waals surface area contributed by atoms with Crippen molar-refractivity contribution in [1.29, 1.82) is 0 Å². The van der Waals surface area contributed by atoms with Crippen LogP contribution in [0.5, 0.6) is 0 Å². The predicted octanol–water partition coefficient (Wildman–Crippen LogP) is 2.93. The largest absolute Gasteiger partial charge is 0.369 e. The molecular formula is C17H25N5. The van der Waals surface area contributed by atoms with Crippen molar-refractivity contribution in [2.24, 2.45) is 0 Å². The number of unbranched alkanes of at least 4 members (excludes halogenated alkanes) is 1. The minimum atomic E-state index is 0.784. The number of aromatic nitrogens is 3. The zero-order valence-corrected chi connectivity index (χ0v) is 13.6. The second-order valence-electron chi connectivity index (χ2n) is 6.18. The SMILES string of the molecule is Cc1cc(C)c2c(NCCCCN3CCCC3)ncnc2n1. The summed E-state index contributed by atoms with van der Waals surface area (Å²) in [6, 6.07) is 2.09. The highest BCUT2D eigenvalue weighted by Gasteiger charge is 2.11. The number of nitrogens with one attached hydrogen (secondary N) is 1. The third-order valence-electron chi connectivity index (χ3n) is 4.32. The van der Waals surface area contributed by atoms with Crippen molar-refractivity contribution < 1.29 is 0 Å². The van der Waals surface area contributed by atoms with Gasteiger partial charge < -0.3 is 10.2 Å². The van der Waals surface area contributed by atoms with Gasteiger partial charge in [0.1, 0.15) is 12.1 Å². The van der Waals surface area contributed by atoms with E-state index in [2.05, 4.69) is 38.2 Å². The molecule has 5 nitrogen and oxygen atoms in total. The van der Waals surface area contributed by atoms with Crippen LogP contribution in [0.15, 0.2) is 12.4 Å². The first-order chi connectivity index (χ1) is 10.7. The molecule has 118 valence electrons. The second-order valence-corrected chi connectivity index (χ2v) is 6.18. The topological polar surface area (TPSA) is 53.9 Å². The Bertz CT molecular complexity index is 634. The number of anilines is 1. The minimum Gasteiger partial charge on any atom is -0.369 e. The summed E-state index contributed by atoms with van der Waals surface area (Å²) in [4.78, 5) is 15.8. The minimum absolute atomic E-state index is 0.784. The Hall–Kier alpha value is -1.75. The zero-order valence-electron chi connectivity index (χ0n) is 13.6. The first kappa shape index (κ1) is 15.2. The van der Waals surface area contributed by atoms with Gasteiger partial charge in [-0.2, -0.15) is 0 Å². The number of aryl methyl sites for hydroxylation is 2. The van der Waals surface area contributed by atoms with Gasteiger partial charge in [0, 0.05) is 12.2 Å². The number of hydrogen-bond acceptors (Lipinski definition) is 5. The Kier molecular flexibility index (Phi) is 4.83. The molecule has 0 aliphatic carbocycles. The number of hydrogen-bond donors (Lipinski definition) is 1. The molecule has 0 atom stereocenters. The van der Waals surface area contributed by atoms with Crippen molar-refractivity contribution in [2.75, 3.05) is 31.5 Å². The fourth-order valence-electron chi connectivity index (χ4n) is 3.22. The fraction of sp³-hybridized carbons (Fsp3) is 0.588. The Labute approximate surface area is 132 Å². The Morgan fingerprint density at radius 3 is 2.77 bits per heavy atom. The lowest BCUT2D eigenvalue weighted by molar-refractivity contribution is 0.331. The molecule has 0 unspecified atom stereocenters. The first-order valence-electron chi connectivity index (χ1n) is 8.29. The van der Waals surface area contributed by atoms with E-state index in [1.165, 1.54) is 50.9 Å². The summed E-state index contributed by atoms with van der Waals surface area (Å²) in [7, 11) is 0. The average Bonchev–Trinajstić information content (AvgIpc) is 2.99. The maximum Gasteiger partial charge on any atom is 0.165 e. The highest BCUT2D eigenvalue weighted by atomic mass is 15.1. The molecular weight excluding hydrogens is 274 g/mol. The highest BCUT2D eigenvalue weighted by molar-refractivity contribution is 5.89. The molecule has 2 aromatic rings. The molecule has 0 saturated carbocycles. The third kappa shape index (κ3) is 3.53. The molecule has 0 bridgehead atoms. The standard InChI is InChI=1S/C17H25N5/c1-13-11-14(2)21-17-15(13)16(19-12-20-17)18-7-3-4-8-22-9-5-6-10-22/h11-12H,3-10H2,1-2H3,(H,18,19,20,21). The van der Waals surface area contributed by atoms with Crippen LogP contribution >= 0.6 is 0 Å². The van der Waals surface area contributed by atoms with Gasteiger partial charge in [0.2, 0.25) is 0 Å². The summed E-state index contributed by atoms with van der Waals surface area (Å²) in [5, 5.41) is 4.51. The monoisotopic (exact) mass is 299 g/mol. The Morgan fingerprint density at radius 2 is 1.95 bits per heavy atom. The molecule has 1 fully saturated rings. The van der Waals surface area contributed by atoms with Gasteiger partial charge in [0.15, 0.2) is 5.65 Å². The van der Waals surface area contributed by atoms with Gasteiger partial charge in [-0.1, -0.05) is 0 Å². The smallest absolute Gasteiger partial charge is 0.165 e. The summed E-state index contributed by atoms with van der Waals surface area (Å²) in [6.45, 7) is 8.85. The lowest BCUT2D eigenvalue weighted by Gasteiger charge is -2.14. The Morgan fingerprint density at radius 1 is 1.14 bits per heavy atom. The van der Waals surface area contributed by atoms with Crippen LogP contribution in [0.1, 0.15) is 36.9 Å². The quantitative estimate of drug-likeness (QED) is 0.831. The Balaban J connectivity index is 1.57. The van der Waals surface area contributed by atoms with E-state index in [9.17, 15) is 0 Å². The van der Waals surface area contributed by atoms with E-state index in [-0.39, 0.29) is 0 Å². The van der Waals surface area contributed by atoms with Crippen LogP contribution in [0, 0.1) is 13.8 Å². The summed E-state index contributed by atoms with van der Waals surface area (Å²) < 4.78 is 0. The normalized spacial score (nSPS) is 15.5. The third-order valence-corrected chi connectivity index (χ3v) is 4.32. The molecule has 1 aliphatic heterocycles. The van der Waals surface area contributed by atoms with Gasteiger partial charge in [0.05, 0.1) is 5.39 Å². The molecule has 0 radical (unpaired) electrons. The predicted molar refractivity (Wildman–Crippen MR) is 90.2 cm³/mol. The van der Waals surface area contributed by atoms with Crippen molar-refractivity contribution in [3.8, 4) is 0 Å². The fourth-order valence-corrected chi connectivity index (χ4v) is 3.22. The zero-order chi connectivity index (χ0) is 15.4. The molecule has 0 aromatic carbocycles. The van der Waals surface area contributed by atoms with Gasteiger partial charge in [-0.25, -0.2) is 15.0 Å². The van der Waals surface area contributed by atoms with E-state index >= 15 is 0 Å². The summed E-state index contributed by atoms with van der Waals surface area (Å²) >= 11 is 0. The number of nitrogens with zero attached hydrogens (tertiary/aromatic N) is 4. The van der Waals surface area contributed by atoms with Gasteiger partial charge in [0.25, 0.3) is 0 Å². The van der Waals surface area contributed by atoms with Gasteiger partial charge in [-0.3, -0.25) is 0 Å². The van der Waals surface area contributed by atoms with Gasteiger partial charge in [-0.15, -0.1) is 0 Å². The van der Waals surface area contributed by atoms with E-state index in [1.54, 1.807) is 6.33 Å². The maximum absolute atomic E-state index is 4.50. The number of likely N-dealkylation sites (tertiary alicyclic amines) is 1. The average molecular weight is 299 g/mol. The molecule has 5 heteroatoms. The van der Waals surface area contributed by atoms with E-state index in [1.807, 2.05) is 6.92 Å². The van der Waals surface area contributed by atoms with Crippen molar-refractivity contribution >= 4 is 16.9 Å². The lowest BCUT2D eigenvalue weighted by atomic mass is 10.1. The van der Waals surface area contributed by atoms with Gasteiger partial charge >= 0.3 is 0 Å². The van der Waals surface area contributed by atoms with E-state index in [0.717, 1.165) is 29.1 Å².